The van der Waals surface area contributed by atoms with Gasteiger partial charge in [-0.2, -0.15) is 0 Å². The molecule has 0 amide bonds. The minimum absolute atomic E-state index is 0.135. The lowest BCUT2D eigenvalue weighted by atomic mass is 10.1. The first kappa shape index (κ1) is 14.6. The van der Waals surface area contributed by atoms with Gasteiger partial charge >= 0.3 is 0 Å². The van der Waals surface area contributed by atoms with Crippen LogP contribution in [0.15, 0.2) is 35.7 Å². The van der Waals surface area contributed by atoms with Crippen molar-refractivity contribution in [3.8, 4) is 0 Å². The molecule has 0 N–H and O–H groups in total. The number of carbonyl (C=O) groups is 1. The molecule has 1 unspecified atom stereocenters. The Morgan fingerprint density at radius 1 is 1.20 bits per heavy atom. The molecule has 104 valence electrons. The van der Waals surface area contributed by atoms with Crippen LogP contribution in [0.4, 0.5) is 8.78 Å². The van der Waals surface area contributed by atoms with Gasteiger partial charge in [-0.25, -0.2) is 18.7 Å². The maximum Gasteiger partial charge on any atom is 0.188 e. The van der Waals surface area contributed by atoms with Crippen LogP contribution in [-0.2, 0) is 0 Å². The van der Waals surface area contributed by atoms with E-state index in [2.05, 4.69) is 9.97 Å². The monoisotopic (exact) mass is 294 g/mol. The quantitative estimate of drug-likeness (QED) is 0.492. The molecule has 0 aliphatic rings. The highest BCUT2D eigenvalue weighted by Crippen LogP contribution is 2.23. The molecular weight excluding hydrogens is 282 g/mol. The van der Waals surface area contributed by atoms with E-state index in [1.165, 1.54) is 17.8 Å². The van der Waals surface area contributed by atoms with Gasteiger partial charge in [0.15, 0.2) is 22.6 Å². The molecular formula is C14H12F2N2OS. The van der Waals surface area contributed by atoms with Gasteiger partial charge in [0.2, 0.25) is 0 Å². The molecule has 20 heavy (non-hydrogen) atoms. The van der Waals surface area contributed by atoms with Crippen LogP contribution in [0.5, 0.6) is 0 Å². The molecule has 0 bridgehead atoms. The number of thioether (sulfide) groups is 1. The van der Waals surface area contributed by atoms with Crippen LogP contribution in [0.1, 0.15) is 22.8 Å². The van der Waals surface area contributed by atoms with Gasteiger partial charge in [0, 0.05) is 18.0 Å². The fraction of sp³-hybridized carbons (Fsp3) is 0.214. The minimum Gasteiger partial charge on any atom is -0.293 e. The normalized spacial score (nSPS) is 12.2. The first-order chi connectivity index (χ1) is 9.47. The van der Waals surface area contributed by atoms with Crippen LogP contribution < -0.4 is 0 Å². The lowest BCUT2D eigenvalue weighted by molar-refractivity contribution is 0.0993. The molecule has 1 atom stereocenters. The Hall–Kier alpha value is -1.82. The van der Waals surface area contributed by atoms with Crippen LogP contribution in [0.2, 0.25) is 0 Å². The van der Waals surface area contributed by atoms with E-state index in [-0.39, 0.29) is 11.3 Å². The lowest BCUT2D eigenvalue weighted by Crippen LogP contribution is -2.14. The molecule has 2 rings (SSSR count). The zero-order chi connectivity index (χ0) is 14.7. The van der Waals surface area contributed by atoms with Crippen molar-refractivity contribution < 1.29 is 13.6 Å². The summed E-state index contributed by atoms with van der Waals surface area (Å²) >= 11 is 1.18. The predicted molar refractivity (Wildman–Crippen MR) is 72.8 cm³/mol. The van der Waals surface area contributed by atoms with Crippen molar-refractivity contribution in [2.75, 3.05) is 0 Å². The third kappa shape index (κ3) is 3.39. The number of rotatable bonds is 4. The largest absolute Gasteiger partial charge is 0.293 e. The Bertz CT molecular complexity index is 632. The summed E-state index contributed by atoms with van der Waals surface area (Å²) in [5.74, 6) is -2.29. The predicted octanol–water partition coefficient (Wildman–Crippen LogP) is 3.43. The molecule has 0 aliphatic heterocycles. The van der Waals surface area contributed by atoms with Crippen molar-refractivity contribution in [1.82, 2.24) is 9.97 Å². The Kier molecular flexibility index (Phi) is 4.44. The Labute approximate surface area is 119 Å². The summed E-state index contributed by atoms with van der Waals surface area (Å²) in [5, 5.41) is -0.0124. The van der Waals surface area contributed by atoms with Crippen molar-refractivity contribution in [3.05, 3.63) is 53.4 Å². The zero-order valence-electron chi connectivity index (χ0n) is 10.9. The lowest BCUT2D eigenvalue weighted by Gasteiger charge is -2.09. The average molecular weight is 294 g/mol. The van der Waals surface area contributed by atoms with E-state index in [4.69, 9.17) is 0 Å². The smallest absolute Gasteiger partial charge is 0.188 e. The van der Waals surface area contributed by atoms with Crippen LogP contribution in [0.3, 0.4) is 0 Å². The van der Waals surface area contributed by atoms with E-state index in [0.29, 0.717) is 5.16 Å². The Morgan fingerprint density at radius 2 is 1.85 bits per heavy atom. The van der Waals surface area contributed by atoms with E-state index in [0.717, 1.165) is 17.7 Å². The van der Waals surface area contributed by atoms with E-state index in [1.54, 1.807) is 19.3 Å². The average Bonchev–Trinajstić information content (AvgIpc) is 2.43. The Balaban J connectivity index is 2.11. The first-order valence-corrected chi connectivity index (χ1v) is 6.80. The molecule has 0 spiro atoms. The Morgan fingerprint density at radius 3 is 2.45 bits per heavy atom. The zero-order valence-corrected chi connectivity index (χ0v) is 11.7. The maximum absolute atomic E-state index is 13.1. The number of Topliss-reactive ketones (excluding diaryl/α,β-unsaturated/α-hetero) is 1. The van der Waals surface area contributed by atoms with Crippen LogP contribution in [-0.4, -0.2) is 21.0 Å². The third-order valence-corrected chi connectivity index (χ3v) is 3.60. The molecule has 0 saturated heterocycles. The first-order valence-electron chi connectivity index (χ1n) is 5.92. The molecule has 3 nitrogen and oxygen atoms in total. The molecule has 1 aromatic heterocycles. The van der Waals surface area contributed by atoms with Crippen molar-refractivity contribution in [2.45, 2.75) is 24.3 Å². The van der Waals surface area contributed by atoms with Gasteiger partial charge in [-0.15, -0.1) is 0 Å². The number of hydrogen-bond acceptors (Lipinski definition) is 4. The summed E-state index contributed by atoms with van der Waals surface area (Å²) in [6.07, 6.45) is 3.31. The highest BCUT2D eigenvalue weighted by molar-refractivity contribution is 8.00. The molecule has 0 radical (unpaired) electrons. The highest BCUT2D eigenvalue weighted by Gasteiger charge is 2.19. The van der Waals surface area contributed by atoms with Crippen molar-refractivity contribution in [2.24, 2.45) is 0 Å². The fourth-order valence-corrected chi connectivity index (χ4v) is 2.32. The number of nitrogens with zero attached hydrogens (tertiary/aromatic N) is 2. The van der Waals surface area contributed by atoms with Gasteiger partial charge in [0.05, 0.1) is 5.25 Å². The third-order valence-electron chi connectivity index (χ3n) is 2.61. The second kappa shape index (κ2) is 6.09. The fourth-order valence-electron chi connectivity index (χ4n) is 1.54. The molecule has 1 heterocycles. The van der Waals surface area contributed by atoms with E-state index in [1.807, 2.05) is 6.92 Å². The van der Waals surface area contributed by atoms with Gasteiger partial charge in [0.1, 0.15) is 0 Å². The molecule has 2 aromatic rings. The van der Waals surface area contributed by atoms with Crippen molar-refractivity contribution in [3.63, 3.8) is 0 Å². The highest BCUT2D eigenvalue weighted by atomic mass is 32.2. The van der Waals surface area contributed by atoms with Crippen LogP contribution >= 0.6 is 11.8 Å². The summed E-state index contributed by atoms with van der Waals surface area (Å²) in [5.41, 5.74) is 1.06. The van der Waals surface area contributed by atoms with Gasteiger partial charge in [-0.05, 0) is 37.6 Å². The summed E-state index contributed by atoms with van der Waals surface area (Å²) in [6, 6.07) is 3.13. The van der Waals surface area contributed by atoms with Gasteiger partial charge in [-0.3, -0.25) is 4.79 Å². The van der Waals surface area contributed by atoms with E-state index in [9.17, 15) is 13.6 Å². The summed E-state index contributed by atoms with van der Waals surface area (Å²) in [6.45, 7) is 3.54. The number of ketones is 1. The number of halogens is 2. The number of aryl methyl sites for hydroxylation is 1. The molecule has 6 heteroatoms. The number of carbonyl (C=O) groups excluding carboxylic acids is 1. The van der Waals surface area contributed by atoms with E-state index >= 15 is 0 Å². The molecule has 0 saturated carbocycles. The molecule has 1 aromatic carbocycles. The number of benzene rings is 1. The van der Waals surface area contributed by atoms with Gasteiger partial charge in [-0.1, -0.05) is 11.8 Å². The summed E-state index contributed by atoms with van der Waals surface area (Å²) in [4.78, 5) is 20.3. The van der Waals surface area contributed by atoms with Crippen molar-refractivity contribution in [1.29, 1.82) is 0 Å². The van der Waals surface area contributed by atoms with Crippen molar-refractivity contribution >= 4 is 17.5 Å². The minimum atomic E-state index is -1.03. The van der Waals surface area contributed by atoms with Crippen LogP contribution in [0.25, 0.3) is 0 Å². The number of aromatic nitrogens is 2. The standard InChI is InChI=1S/C14H12F2N2OS/c1-8-6-17-14(18-7-8)20-9(2)13(19)10-3-4-11(15)12(16)5-10/h3-7,9H,1-2H3. The maximum atomic E-state index is 13.1. The second-order valence-corrected chi connectivity index (χ2v) is 5.60. The topological polar surface area (TPSA) is 42.9 Å². The van der Waals surface area contributed by atoms with Gasteiger partial charge < -0.3 is 0 Å². The SMILES string of the molecule is Cc1cnc(SC(C)C(=O)c2ccc(F)c(F)c2)nc1. The molecule has 0 aliphatic carbocycles. The number of hydrogen-bond donors (Lipinski definition) is 0. The summed E-state index contributed by atoms with van der Waals surface area (Å²) < 4.78 is 26.0. The van der Waals surface area contributed by atoms with Gasteiger partial charge in [0.25, 0.3) is 0 Å². The second-order valence-electron chi connectivity index (χ2n) is 4.30. The van der Waals surface area contributed by atoms with Crippen LogP contribution in [0, 0.1) is 18.6 Å². The molecule has 0 fully saturated rings. The van der Waals surface area contributed by atoms with E-state index < -0.39 is 16.9 Å². The summed E-state index contributed by atoms with van der Waals surface area (Å²) in [7, 11) is 0.